The van der Waals surface area contributed by atoms with Gasteiger partial charge in [0, 0.05) is 38.3 Å². The third-order valence-corrected chi connectivity index (χ3v) is 21.0. The number of hydrogen-bond acceptors (Lipinski definition) is 6. The molecule has 3 saturated heterocycles. The molecule has 0 bridgehead atoms. The molecule has 5 heterocycles. The van der Waals surface area contributed by atoms with Gasteiger partial charge < -0.3 is 37.1 Å². The van der Waals surface area contributed by atoms with Crippen LogP contribution in [0.2, 0.25) is 0 Å². The Morgan fingerprint density at radius 2 is 0.609 bits per heavy atom. The largest absolute Gasteiger partial charge is 0.494 e. The third-order valence-electron chi connectivity index (χ3n) is 21.0. The minimum atomic E-state index is -0.367. The Kier molecular flexibility index (Phi) is 15.0. The average molecular weight is 1210 g/mol. The van der Waals surface area contributed by atoms with Crippen molar-refractivity contribution in [3.63, 3.8) is 0 Å². The van der Waals surface area contributed by atoms with Crippen LogP contribution in [0.5, 0.6) is 0 Å². The summed E-state index contributed by atoms with van der Waals surface area (Å²) in [5.74, 6) is 0. The molecule has 16 rings (SSSR count). The second-order valence-corrected chi connectivity index (χ2v) is 28.8. The monoisotopic (exact) mass is 1210 g/mol. The molecule has 0 N–H and O–H groups in total. The van der Waals surface area contributed by atoms with E-state index in [9.17, 15) is 0 Å². The predicted octanol–water partition coefficient (Wildman–Crippen LogP) is 17.8. The zero-order chi connectivity index (χ0) is 64.3. The Morgan fingerprint density at radius 3 is 1.10 bits per heavy atom. The first-order chi connectivity index (χ1) is 43.8. The first kappa shape index (κ1) is 61.3. The Hall–Kier alpha value is -8.25. The van der Waals surface area contributed by atoms with E-state index in [1.54, 1.807) is 0 Å². The highest BCUT2D eigenvalue weighted by Gasteiger charge is 2.54. The molecule has 92 heavy (non-hydrogen) atoms. The maximum atomic E-state index is 6.30. The van der Waals surface area contributed by atoms with Crippen LogP contribution in [0.4, 0.5) is 0 Å². The van der Waals surface area contributed by atoms with Gasteiger partial charge >= 0.3 is 21.4 Å². The van der Waals surface area contributed by atoms with E-state index in [4.69, 9.17) is 27.9 Å². The molecular weight excluding hydrogens is 1130 g/mol. The van der Waals surface area contributed by atoms with Crippen LogP contribution in [-0.4, -0.2) is 64.1 Å². The summed E-state index contributed by atoms with van der Waals surface area (Å²) in [6.07, 6.45) is 0. The summed E-state index contributed by atoms with van der Waals surface area (Å²) in [5, 5.41) is 5.02. The van der Waals surface area contributed by atoms with E-state index in [2.05, 4.69) is 343 Å². The van der Waals surface area contributed by atoms with Gasteiger partial charge in [-0.15, -0.1) is 0 Å². The Bertz CT molecular complexity index is 4730. The minimum absolute atomic E-state index is 0.00553. The lowest BCUT2D eigenvalue weighted by molar-refractivity contribution is 0.00578. The van der Waals surface area contributed by atoms with E-state index in [-0.39, 0.29) is 60.4 Å². The minimum Gasteiger partial charge on any atom is -0.399 e. The number of para-hydroxylation sites is 4. The van der Waals surface area contributed by atoms with Gasteiger partial charge in [-0.1, -0.05) is 190 Å². The molecule has 0 spiro atoms. The highest BCUT2D eigenvalue weighted by atomic mass is 16.7. The Morgan fingerprint density at radius 1 is 0.250 bits per heavy atom. The summed E-state index contributed by atoms with van der Waals surface area (Å²) >= 11 is 0. The van der Waals surface area contributed by atoms with Crippen molar-refractivity contribution in [1.82, 2.24) is 9.13 Å². The van der Waals surface area contributed by atoms with E-state index in [0.717, 1.165) is 22.0 Å². The van der Waals surface area contributed by atoms with E-state index in [1.807, 2.05) is 0 Å². The van der Waals surface area contributed by atoms with Gasteiger partial charge in [0.15, 0.2) is 0 Å². The average Bonchev–Trinajstić information content (AvgIpc) is 1.60. The van der Waals surface area contributed by atoms with E-state index in [1.165, 1.54) is 93.9 Å². The normalized spacial score (nSPS) is 18.4. The van der Waals surface area contributed by atoms with Crippen molar-refractivity contribution in [3.8, 4) is 44.8 Å². The van der Waals surface area contributed by atoms with Crippen LogP contribution in [0.3, 0.4) is 0 Å². The van der Waals surface area contributed by atoms with Gasteiger partial charge in [0.2, 0.25) is 0 Å². The highest BCUT2D eigenvalue weighted by molar-refractivity contribution is 6.63. The SMILES string of the molecule is CC1(C)OB(c2ccc(-c3ccc4c(c3)c3ccccc3n4-c3ccccc3)cc2)OC1(C)C.CC1(C)OB(c2cccc(-c3ccc4c(c3)c3ccccc3n4-c3ccccc3)c2)OC1(C)C.CC1(C)c2ccccc2-c2ccc(B3OC(C)(C)C(C)(C)O3)cc21. The lowest BCUT2D eigenvalue weighted by Crippen LogP contribution is -2.41. The van der Waals surface area contributed by atoms with Crippen LogP contribution in [0.25, 0.3) is 88.4 Å². The summed E-state index contributed by atoms with van der Waals surface area (Å²) in [5.41, 5.74) is 18.5. The number of rotatable bonds is 7. The first-order valence-corrected chi connectivity index (χ1v) is 32.5. The van der Waals surface area contributed by atoms with Crippen molar-refractivity contribution in [3.05, 3.63) is 248 Å². The molecule has 0 radical (unpaired) electrons. The fourth-order valence-electron chi connectivity index (χ4n) is 13.5. The van der Waals surface area contributed by atoms with Crippen LogP contribution in [0.15, 0.2) is 237 Å². The van der Waals surface area contributed by atoms with Crippen molar-refractivity contribution in [2.75, 3.05) is 0 Å². The van der Waals surface area contributed by atoms with Gasteiger partial charge in [0.25, 0.3) is 0 Å². The zero-order valence-electron chi connectivity index (χ0n) is 55.6. The van der Waals surface area contributed by atoms with Gasteiger partial charge in [-0.2, -0.15) is 0 Å². The number of fused-ring (bicyclic) bond motifs is 9. The number of benzene rings is 10. The fourth-order valence-corrected chi connectivity index (χ4v) is 13.5. The van der Waals surface area contributed by atoms with Gasteiger partial charge in [-0.05, 0) is 205 Å². The zero-order valence-corrected chi connectivity index (χ0v) is 55.6. The molecule has 0 saturated carbocycles. The predicted molar refractivity (Wildman–Crippen MR) is 384 cm³/mol. The molecule has 12 aromatic rings. The summed E-state index contributed by atoms with van der Waals surface area (Å²) in [4.78, 5) is 0. The van der Waals surface area contributed by atoms with Crippen LogP contribution in [0.1, 0.15) is 108 Å². The van der Waals surface area contributed by atoms with Gasteiger partial charge in [-0.25, -0.2) is 0 Å². The molecule has 4 aliphatic rings. The number of nitrogens with zero attached hydrogens (tertiary/aromatic N) is 2. The van der Waals surface area contributed by atoms with Gasteiger partial charge in [-0.3, -0.25) is 0 Å². The molecule has 0 atom stereocenters. The first-order valence-electron chi connectivity index (χ1n) is 32.5. The molecule has 3 fully saturated rings. The van der Waals surface area contributed by atoms with Crippen molar-refractivity contribution in [2.24, 2.45) is 0 Å². The van der Waals surface area contributed by atoms with Crippen molar-refractivity contribution < 1.29 is 27.9 Å². The summed E-state index contributed by atoms with van der Waals surface area (Å²) in [6, 6.07) is 84.3. The van der Waals surface area contributed by atoms with Gasteiger partial charge in [0.1, 0.15) is 0 Å². The second kappa shape index (κ2) is 22.5. The van der Waals surface area contributed by atoms with E-state index < -0.39 is 0 Å². The molecule has 8 nitrogen and oxygen atoms in total. The molecule has 10 aromatic carbocycles. The Labute approximate surface area is 543 Å². The molecular formula is C81H81B3N2O6. The van der Waals surface area contributed by atoms with Crippen molar-refractivity contribution in [1.29, 1.82) is 0 Å². The number of aromatic nitrogens is 2. The maximum absolute atomic E-state index is 6.30. The van der Waals surface area contributed by atoms with Crippen LogP contribution in [0, 0.1) is 0 Å². The summed E-state index contributed by atoms with van der Waals surface area (Å²) in [6.45, 7) is 29.7. The third kappa shape index (κ3) is 10.6. The fraction of sp³-hybridized carbons (Fsp3) is 0.259. The van der Waals surface area contributed by atoms with Crippen LogP contribution >= 0.6 is 0 Å². The molecule has 460 valence electrons. The number of hydrogen-bond donors (Lipinski definition) is 0. The summed E-state index contributed by atoms with van der Waals surface area (Å²) < 4.78 is 42.2. The standard InChI is InChI=1S/2C30H28BNO2.C21H25BO2/c1-29(2)30(3,4)34-31(33-29)23-12-10-11-21(19-23)22-17-18-28-26(20-22)25-15-8-9-16-27(25)32(28)24-13-6-5-7-14-24;1-29(2)30(3,4)34-31(33-29)23-17-14-21(15-18-23)22-16-19-28-26(20-22)25-12-8-9-13-27(25)32(28)24-10-6-5-7-11-24;1-19(2)17-10-8-7-9-15(17)16-12-11-14(13-18(16)19)22-23-20(3,4)21(5,6)24-22/h2*5-20H,1-4H3;7-13H,1-6H3. The van der Waals surface area contributed by atoms with Crippen molar-refractivity contribution >= 4 is 81.4 Å². The maximum Gasteiger partial charge on any atom is 0.494 e. The highest BCUT2D eigenvalue weighted by Crippen LogP contribution is 2.49. The lowest BCUT2D eigenvalue weighted by Gasteiger charge is -2.32. The molecule has 11 heteroatoms. The molecule has 0 amide bonds. The van der Waals surface area contributed by atoms with Crippen LogP contribution < -0.4 is 16.4 Å². The van der Waals surface area contributed by atoms with Crippen molar-refractivity contribution in [2.45, 2.75) is 136 Å². The molecule has 2 aromatic heterocycles. The van der Waals surface area contributed by atoms with E-state index >= 15 is 0 Å². The lowest BCUT2D eigenvalue weighted by atomic mass is 9.74. The molecule has 3 aliphatic heterocycles. The molecule has 1 aliphatic carbocycles. The van der Waals surface area contributed by atoms with E-state index in [0.29, 0.717) is 0 Å². The smallest absolute Gasteiger partial charge is 0.399 e. The quantitative estimate of drug-likeness (QED) is 0.148. The van der Waals surface area contributed by atoms with Gasteiger partial charge in [0.05, 0.1) is 55.7 Å². The summed E-state index contributed by atoms with van der Waals surface area (Å²) in [7, 11) is -1.01. The van der Waals surface area contributed by atoms with Crippen LogP contribution in [-0.2, 0) is 33.3 Å². The second-order valence-electron chi connectivity index (χ2n) is 28.8. The Balaban J connectivity index is 0.000000122. The topological polar surface area (TPSA) is 65.2 Å². The molecule has 0 unspecified atom stereocenters.